The van der Waals surface area contributed by atoms with Crippen LogP contribution in [-0.4, -0.2) is 35.8 Å². The van der Waals surface area contributed by atoms with E-state index in [1.807, 2.05) is 90.9 Å². The summed E-state index contributed by atoms with van der Waals surface area (Å²) < 4.78 is 26.4. The Kier molecular flexibility index (Phi) is 8.22. The topological polar surface area (TPSA) is 65.1 Å². The van der Waals surface area contributed by atoms with Crippen LogP contribution in [0.25, 0.3) is 0 Å². The molecule has 0 bridgehead atoms. The maximum atomic E-state index is 13.3. The zero-order valence-corrected chi connectivity index (χ0v) is 22.7. The predicted molar refractivity (Wildman–Crippen MR) is 141 cm³/mol. The molecule has 2 aromatic rings. The Balaban J connectivity index is 1.70. The van der Waals surface area contributed by atoms with Crippen molar-refractivity contribution in [1.82, 2.24) is 4.90 Å². The van der Waals surface area contributed by atoms with Crippen LogP contribution in [0.2, 0.25) is 0 Å². The van der Waals surface area contributed by atoms with E-state index < -0.39 is 35.1 Å². The first-order valence-corrected chi connectivity index (χ1v) is 12.6. The van der Waals surface area contributed by atoms with E-state index >= 15 is 0 Å². The van der Waals surface area contributed by atoms with Gasteiger partial charge in [0.1, 0.15) is 18.4 Å². The zero-order chi connectivity index (χ0) is 27.4. The van der Waals surface area contributed by atoms with Crippen molar-refractivity contribution in [3.8, 4) is 5.75 Å². The summed E-state index contributed by atoms with van der Waals surface area (Å²) in [6, 6.07) is 13.6. The monoisotopic (exact) mass is 496 g/mol. The van der Waals surface area contributed by atoms with Crippen LogP contribution in [0.3, 0.4) is 0 Å². The fraction of sp³-hybridized carbons (Fsp3) is 0.533. The van der Waals surface area contributed by atoms with E-state index in [2.05, 4.69) is 6.07 Å². The smallest absolute Gasteiger partial charge is 0.413 e. The Morgan fingerprint density at radius 1 is 1.08 bits per heavy atom. The molecule has 0 N–H and O–H groups in total. The highest BCUT2D eigenvalue weighted by Crippen LogP contribution is 2.39. The quantitative estimate of drug-likeness (QED) is 0.282. The van der Waals surface area contributed by atoms with E-state index in [4.69, 9.17) is 14.2 Å². The van der Waals surface area contributed by atoms with Gasteiger partial charge in [0.05, 0.1) is 7.98 Å². The predicted octanol–water partition coefficient (Wildman–Crippen LogP) is 6.82. The molecule has 0 aliphatic carbocycles. The van der Waals surface area contributed by atoms with Gasteiger partial charge < -0.3 is 14.2 Å². The minimum Gasteiger partial charge on any atom is -0.493 e. The van der Waals surface area contributed by atoms with E-state index in [-0.39, 0.29) is 13.0 Å². The van der Waals surface area contributed by atoms with Crippen molar-refractivity contribution in [2.75, 3.05) is 6.61 Å². The first-order chi connectivity index (χ1) is 17.2. The minimum absolute atomic E-state index is 0.0520. The number of ether oxygens (including phenoxy) is 3. The number of esters is 1. The molecule has 3 rings (SSSR count). The third-order valence-corrected chi connectivity index (χ3v) is 6.37. The SMILES string of the molecule is [2H][C@]1(CC(C)(C)CCCOc2cc(C)ccc2C)C(=O)O[C@@H](C(C)(C)C)N1C(=O)OCc1ccccc1. The van der Waals surface area contributed by atoms with Crippen LogP contribution in [0.15, 0.2) is 48.5 Å². The van der Waals surface area contributed by atoms with Crippen molar-refractivity contribution in [1.29, 1.82) is 0 Å². The molecule has 36 heavy (non-hydrogen) atoms. The summed E-state index contributed by atoms with van der Waals surface area (Å²) in [5.74, 6) is 0.151. The highest BCUT2D eigenvalue weighted by molar-refractivity contribution is 5.84. The summed E-state index contributed by atoms with van der Waals surface area (Å²) in [5, 5.41) is 0. The lowest BCUT2D eigenvalue weighted by atomic mass is 9.81. The van der Waals surface area contributed by atoms with Crippen molar-refractivity contribution in [3.63, 3.8) is 0 Å². The van der Waals surface area contributed by atoms with Gasteiger partial charge >= 0.3 is 12.1 Å². The van der Waals surface area contributed by atoms with Crippen molar-refractivity contribution in [2.24, 2.45) is 10.8 Å². The Morgan fingerprint density at radius 3 is 2.44 bits per heavy atom. The molecule has 1 saturated heterocycles. The minimum atomic E-state index is -1.89. The Hall–Kier alpha value is -3.02. The number of cyclic esters (lactones) is 1. The molecule has 0 aromatic heterocycles. The second-order valence-electron chi connectivity index (χ2n) is 11.5. The molecule has 0 spiro atoms. The van der Waals surface area contributed by atoms with Gasteiger partial charge in [-0.15, -0.1) is 0 Å². The van der Waals surface area contributed by atoms with Crippen LogP contribution < -0.4 is 4.74 Å². The standard InChI is InChI=1S/C30H41NO5/c1-21-14-15-22(2)25(18-21)34-17-11-16-30(6,7)19-24-26(32)36-27(29(3,4)5)31(24)28(33)35-20-23-12-9-8-10-13-23/h8-10,12-15,18,24,27H,11,16-17,19-20H2,1-7H3/t24-,27-/m0/s1/i24D. The van der Waals surface area contributed by atoms with Gasteiger partial charge in [-0.1, -0.05) is 77.1 Å². The molecular formula is C30H41NO5. The summed E-state index contributed by atoms with van der Waals surface area (Å²) in [5.41, 5.74) is 2.03. The Morgan fingerprint density at radius 2 is 1.78 bits per heavy atom. The van der Waals surface area contributed by atoms with Crippen molar-refractivity contribution in [3.05, 3.63) is 65.2 Å². The lowest BCUT2D eigenvalue weighted by Gasteiger charge is -2.35. The molecule has 0 unspecified atom stereocenters. The average molecular weight is 497 g/mol. The van der Waals surface area contributed by atoms with Gasteiger partial charge in [-0.2, -0.15) is 0 Å². The van der Waals surface area contributed by atoms with Crippen LogP contribution in [0.4, 0.5) is 4.79 Å². The summed E-state index contributed by atoms with van der Waals surface area (Å²) in [7, 11) is 0. The Labute approximate surface area is 217 Å². The van der Waals surface area contributed by atoms with Crippen molar-refractivity contribution in [2.45, 2.75) is 86.6 Å². The molecule has 1 fully saturated rings. The van der Waals surface area contributed by atoms with Crippen LogP contribution in [-0.2, 0) is 20.9 Å². The molecule has 1 heterocycles. The molecule has 0 saturated carbocycles. The van der Waals surface area contributed by atoms with Gasteiger partial charge in [0.25, 0.3) is 0 Å². The number of aryl methyl sites for hydroxylation is 2. The molecule has 196 valence electrons. The van der Waals surface area contributed by atoms with Gasteiger partial charge in [0.2, 0.25) is 0 Å². The molecule has 6 heteroatoms. The number of amides is 1. The number of carbonyl (C=O) groups is 2. The highest BCUT2D eigenvalue weighted by Gasteiger charge is 2.51. The zero-order valence-electron chi connectivity index (χ0n) is 23.7. The summed E-state index contributed by atoms with van der Waals surface area (Å²) in [6.45, 7) is 14.3. The molecular weight excluding hydrogens is 454 g/mol. The van der Waals surface area contributed by atoms with Crippen LogP contribution >= 0.6 is 0 Å². The highest BCUT2D eigenvalue weighted by atomic mass is 16.6. The Bertz CT molecular complexity index is 1090. The van der Waals surface area contributed by atoms with Crippen LogP contribution in [0.1, 0.15) is 71.9 Å². The maximum Gasteiger partial charge on any atom is 0.413 e. The second-order valence-corrected chi connectivity index (χ2v) is 11.5. The van der Waals surface area contributed by atoms with Gasteiger partial charge in [-0.25, -0.2) is 9.59 Å². The largest absolute Gasteiger partial charge is 0.493 e. The third-order valence-electron chi connectivity index (χ3n) is 6.37. The number of rotatable bonds is 9. The molecule has 2 atom stereocenters. The average Bonchev–Trinajstić information content (AvgIpc) is 3.08. The lowest BCUT2D eigenvalue weighted by molar-refractivity contribution is -0.147. The van der Waals surface area contributed by atoms with Gasteiger partial charge in [0, 0.05) is 5.41 Å². The van der Waals surface area contributed by atoms with E-state index in [0.717, 1.165) is 28.9 Å². The van der Waals surface area contributed by atoms with E-state index in [0.29, 0.717) is 13.0 Å². The second kappa shape index (κ2) is 11.4. The lowest BCUT2D eigenvalue weighted by Crippen LogP contribution is -2.49. The molecule has 1 aliphatic rings. The molecule has 1 amide bonds. The molecule has 6 nitrogen and oxygen atoms in total. The van der Waals surface area contributed by atoms with Crippen molar-refractivity contribution < 1.29 is 25.2 Å². The summed E-state index contributed by atoms with van der Waals surface area (Å²) in [4.78, 5) is 27.7. The van der Waals surface area contributed by atoms with E-state index in [1.54, 1.807) is 0 Å². The number of benzene rings is 2. The number of hydrogen-bond acceptors (Lipinski definition) is 5. The number of carbonyl (C=O) groups excluding carboxylic acids is 2. The summed E-state index contributed by atoms with van der Waals surface area (Å²) in [6.07, 6.45) is -0.0520. The molecule has 0 radical (unpaired) electrons. The molecule has 1 aliphatic heterocycles. The normalized spacial score (nSPS) is 20.6. The van der Waals surface area contributed by atoms with Crippen molar-refractivity contribution >= 4 is 12.1 Å². The third kappa shape index (κ3) is 7.25. The maximum absolute atomic E-state index is 13.3. The van der Waals surface area contributed by atoms with Gasteiger partial charge in [-0.05, 0) is 61.3 Å². The first-order valence-electron chi connectivity index (χ1n) is 13.1. The van der Waals surface area contributed by atoms with Gasteiger partial charge in [0.15, 0.2) is 6.23 Å². The molecule has 2 aromatic carbocycles. The van der Waals surface area contributed by atoms with Gasteiger partial charge in [-0.3, -0.25) is 4.90 Å². The van der Waals surface area contributed by atoms with Crippen LogP contribution in [0.5, 0.6) is 5.75 Å². The summed E-state index contributed by atoms with van der Waals surface area (Å²) >= 11 is 0. The number of hydrogen-bond donors (Lipinski definition) is 0. The van der Waals surface area contributed by atoms with E-state index in [1.165, 1.54) is 4.90 Å². The first kappa shape index (κ1) is 26.1. The van der Waals surface area contributed by atoms with E-state index in [9.17, 15) is 11.0 Å². The fourth-order valence-electron chi connectivity index (χ4n) is 4.32. The fourth-order valence-corrected chi connectivity index (χ4v) is 4.32. The number of nitrogens with zero attached hydrogens (tertiary/aromatic N) is 1. The van der Waals surface area contributed by atoms with Crippen LogP contribution in [0, 0.1) is 24.7 Å².